The lowest BCUT2D eigenvalue weighted by atomic mass is 10.2. The summed E-state index contributed by atoms with van der Waals surface area (Å²) in [5, 5.41) is 10.6. The molecule has 1 aromatic heterocycles. The summed E-state index contributed by atoms with van der Waals surface area (Å²) >= 11 is 0. The summed E-state index contributed by atoms with van der Waals surface area (Å²) in [6.45, 7) is 4.09. The van der Waals surface area contributed by atoms with E-state index >= 15 is 0 Å². The molecule has 1 fully saturated rings. The summed E-state index contributed by atoms with van der Waals surface area (Å²) in [4.78, 5) is 17.1. The molecule has 1 aliphatic rings. The quantitative estimate of drug-likeness (QED) is 0.713. The number of aromatic nitrogens is 2. The van der Waals surface area contributed by atoms with Gasteiger partial charge in [0, 0.05) is 43.1 Å². The van der Waals surface area contributed by atoms with Gasteiger partial charge in [0.2, 0.25) is 5.89 Å². The summed E-state index contributed by atoms with van der Waals surface area (Å²) in [5.41, 5.74) is 2.51. The zero-order chi connectivity index (χ0) is 20.2. The zero-order valence-electron chi connectivity index (χ0n) is 16.5. The maximum atomic E-state index is 12.5. The van der Waals surface area contributed by atoms with Crippen LogP contribution in [-0.2, 0) is 0 Å². The van der Waals surface area contributed by atoms with E-state index in [1.54, 1.807) is 13.2 Å². The van der Waals surface area contributed by atoms with Gasteiger partial charge in [-0.05, 0) is 49.5 Å². The highest BCUT2D eigenvalue weighted by atomic mass is 16.5. The Labute approximate surface area is 169 Å². The number of piperazine rings is 1. The average Bonchev–Trinajstić information content (AvgIpc) is 3.26. The molecule has 2 heterocycles. The summed E-state index contributed by atoms with van der Waals surface area (Å²) in [6, 6.07) is 15.0. The Kier molecular flexibility index (Phi) is 5.44. The molecule has 1 amide bonds. The minimum atomic E-state index is -0.445. The van der Waals surface area contributed by atoms with E-state index in [9.17, 15) is 4.79 Å². The number of hydrogen-bond acceptors (Lipinski definition) is 7. The van der Waals surface area contributed by atoms with Crippen LogP contribution in [0.15, 0.2) is 52.9 Å². The SMILES string of the molecule is COc1cccc(-c2nnc(C(=O)Nc3ccc(N4CCN(C)CC4)cc3)o2)c1. The standard InChI is InChI=1S/C21H23N5O3/c1-25-10-12-26(13-11-25)17-8-6-16(7-9-17)22-19(27)21-24-23-20(29-21)15-4-3-5-18(14-15)28-2/h3-9,14H,10-13H2,1-2H3,(H,22,27). The number of hydrogen-bond donors (Lipinski definition) is 1. The maximum absolute atomic E-state index is 12.5. The van der Waals surface area contributed by atoms with Crippen molar-refractivity contribution in [3.05, 3.63) is 54.4 Å². The van der Waals surface area contributed by atoms with E-state index in [4.69, 9.17) is 9.15 Å². The van der Waals surface area contributed by atoms with Crippen LogP contribution in [0.3, 0.4) is 0 Å². The van der Waals surface area contributed by atoms with Crippen molar-refractivity contribution in [1.82, 2.24) is 15.1 Å². The predicted octanol–water partition coefficient (Wildman–Crippen LogP) is 2.75. The van der Waals surface area contributed by atoms with Crippen molar-refractivity contribution in [2.75, 3.05) is 50.6 Å². The molecule has 0 spiro atoms. The van der Waals surface area contributed by atoms with E-state index in [1.807, 2.05) is 42.5 Å². The van der Waals surface area contributed by atoms with Gasteiger partial charge in [-0.25, -0.2) is 0 Å². The minimum Gasteiger partial charge on any atom is -0.497 e. The van der Waals surface area contributed by atoms with Crippen LogP contribution >= 0.6 is 0 Å². The molecule has 2 aromatic carbocycles. The van der Waals surface area contributed by atoms with Crippen molar-refractivity contribution in [3.8, 4) is 17.2 Å². The lowest BCUT2D eigenvalue weighted by molar-refractivity contribution is 0.0991. The molecule has 4 rings (SSSR count). The van der Waals surface area contributed by atoms with Gasteiger partial charge in [0.05, 0.1) is 7.11 Å². The lowest BCUT2D eigenvalue weighted by Gasteiger charge is -2.34. The monoisotopic (exact) mass is 393 g/mol. The molecule has 3 aromatic rings. The largest absolute Gasteiger partial charge is 0.497 e. The van der Waals surface area contributed by atoms with Crippen molar-refractivity contribution >= 4 is 17.3 Å². The van der Waals surface area contributed by atoms with Crippen molar-refractivity contribution in [2.24, 2.45) is 0 Å². The Balaban J connectivity index is 1.41. The van der Waals surface area contributed by atoms with Gasteiger partial charge < -0.3 is 24.3 Å². The highest BCUT2D eigenvalue weighted by Gasteiger charge is 2.17. The molecule has 8 heteroatoms. The summed E-state index contributed by atoms with van der Waals surface area (Å²) in [5.74, 6) is 0.400. The van der Waals surface area contributed by atoms with E-state index in [1.165, 1.54) is 0 Å². The molecule has 1 N–H and O–H groups in total. The van der Waals surface area contributed by atoms with Crippen LogP contribution in [0.1, 0.15) is 10.7 Å². The number of methoxy groups -OCH3 is 1. The van der Waals surface area contributed by atoms with Gasteiger partial charge in [-0.2, -0.15) is 0 Å². The molecule has 29 heavy (non-hydrogen) atoms. The number of carbonyl (C=O) groups is 1. The Morgan fingerprint density at radius 1 is 1.07 bits per heavy atom. The molecule has 0 radical (unpaired) electrons. The third kappa shape index (κ3) is 4.38. The number of rotatable bonds is 5. The van der Waals surface area contributed by atoms with Crippen LogP contribution in [-0.4, -0.2) is 61.3 Å². The third-order valence-corrected chi connectivity index (χ3v) is 4.93. The maximum Gasteiger partial charge on any atom is 0.313 e. The van der Waals surface area contributed by atoms with Gasteiger partial charge >= 0.3 is 11.8 Å². The minimum absolute atomic E-state index is 0.0917. The zero-order valence-corrected chi connectivity index (χ0v) is 16.5. The Hall–Kier alpha value is -3.39. The van der Waals surface area contributed by atoms with Crippen LogP contribution in [0.2, 0.25) is 0 Å². The fourth-order valence-electron chi connectivity index (χ4n) is 3.19. The van der Waals surface area contributed by atoms with E-state index in [2.05, 4.69) is 32.4 Å². The Morgan fingerprint density at radius 3 is 2.55 bits per heavy atom. The molecular formula is C21H23N5O3. The van der Waals surface area contributed by atoms with Crippen molar-refractivity contribution in [3.63, 3.8) is 0 Å². The average molecular weight is 393 g/mol. The third-order valence-electron chi connectivity index (χ3n) is 4.93. The molecule has 0 bridgehead atoms. The van der Waals surface area contributed by atoms with E-state index in [0.717, 1.165) is 31.9 Å². The van der Waals surface area contributed by atoms with Crippen LogP contribution in [0.25, 0.3) is 11.5 Å². The molecule has 8 nitrogen and oxygen atoms in total. The first kappa shape index (κ1) is 18.9. The number of amides is 1. The summed E-state index contributed by atoms with van der Waals surface area (Å²) in [6.07, 6.45) is 0. The molecule has 0 atom stereocenters. The summed E-state index contributed by atoms with van der Waals surface area (Å²) < 4.78 is 10.7. The lowest BCUT2D eigenvalue weighted by Crippen LogP contribution is -2.44. The molecule has 1 aliphatic heterocycles. The second-order valence-electron chi connectivity index (χ2n) is 6.94. The number of ether oxygens (including phenoxy) is 1. The number of nitrogens with zero attached hydrogens (tertiary/aromatic N) is 4. The van der Waals surface area contributed by atoms with Gasteiger partial charge in [-0.15, -0.1) is 10.2 Å². The number of carbonyl (C=O) groups excluding carboxylic acids is 1. The Bertz CT molecular complexity index is 978. The second kappa shape index (κ2) is 8.32. The predicted molar refractivity (Wildman–Crippen MR) is 110 cm³/mol. The van der Waals surface area contributed by atoms with Crippen molar-refractivity contribution < 1.29 is 13.9 Å². The fourth-order valence-corrected chi connectivity index (χ4v) is 3.19. The molecule has 150 valence electrons. The van der Waals surface area contributed by atoms with Crippen molar-refractivity contribution in [1.29, 1.82) is 0 Å². The van der Waals surface area contributed by atoms with Crippen LogP contribution in [0.5, 0.6) is 5.75 Å². The van der Waals surface area contributed by atoms with E-state index in [0.29, 0.717) is 17.0 Å². The highest BCUT2D eigenvalue weighted by molar-refractivity contribution is 6.01. The van der Waals surface area contributed by atoms with Crippen LogP contribution in [0.4, 0.5) is 11.4 Å². The van der Waals surface area contributed by atoms with Gasteiger partial charge in [0.1, 0.15) is 5.75 Å². The highest BCUT2D eigenvalue weighted by Crippen LogP contribution is 2.23. The van der Waals surface area contributed by atoms with Gasteiger partial charge in [-0.1, -0.05) is 6.07 Å². The first-order chi connectivity index (χ1) is 14.1. The summed E-state index contributed by atoms with van der Waals surface area (Å²) in [7, 11) is 3.72. The molecule has 0 saturated carbocycles. The number of nitrogens with one attached hydrogen (secondary N) is 1. The Morgan fingerprint density at radius 2 is 1.83 bits per heavy atom. The van der Waals surface area contributed by atoms with Crippen molar-refractivity contribution in [2.45, 2.75) is 0 Å². The van der Waals surface area contributed by atoms with E-state index in [-0.39, 0.29) is 11.8 Å². The van der Waals surface area contributed by atoms with Gasteiger partial charge in [0.15, 0.2) is 0 Å². The van der Waals surface area contributed by atoms with Gasteiger partial charge in [0.25, 0.3) is 0 Å². The number of likely N-dealkylation sites (N-methyl/N-ethyl adjacent to an activating group) is 1. The number of benzene rings is 2. The second-order valence-corrected chi connectivity index (χ2v) is 6.94. The van der Waals surface area contributed by atoms with Gasteiger partial charge in [-0.3, -0.25) is 4.79 Å². The molecule has 0 unspecified atom stereocenters. The van der Waals surface area contributed by atoms with E-state index < -0.39 is 5.91 Å². The molecule has 0 aliphatic carbocycles. The fraction of sp³-hybridized carbons (Fsp3) is 0.286. The molecule has 1 saturated heterocycles. The smallest absolute Gasteiger partial charge is 0.313 e. The number of anilines is 2. The molecular weight excluding hydrogens is 370 g/mol. The first-order valence-corrected chi connectivity index (χ1v) is 9.45. The topological polar surface area (TPSA) is 83.7 Å². The normalized spacial score (nSPS) is 14.6. The first-order valence-electron chi connectivity index (χ1n) is 9.45. The van der Waals surface area contributed by atoms with Crippen LogP contribution in [0, 0.1) is 0 Å². The van der Waals surface area contributed by atoms with Crippen LogP contribution < -0.4 is 15.0 Å².